The molecule has 2 aromatic rings. The van der Waals surface area contributed by atoms with Crippen LogP contribution in [0.2, 0.25) is 5.15 Å². The molecule has 0 amide bonds. The lowest BCUT2D eigenvalue weighted by Crippen LogP contribution is -2.04. The van der Waals surface area contributed by atoms with E-state index < -0.39 is 11.7 Å². The van der Waals surface area contributed by atoms with Crippen LogP contribution in [0.15, 0.2) is 30.3 Å². The van der Waals surface area contributed by atoms with Gasteiger partial charge in [0.2, 0.25) is 0 Å². The lowest BCUT2D eigenvalue weighted by atomic mass is 10.2. The van der Waals surface area contributed by atoms with E-state index in [1.54, 1.807) is 6.92 Å². The van der Waals surface area contributed by atoms with E-state index in [9.17, 15) is 13.2 Å². The number of nitrogens with one attached hydrogen (secondary N) is 1. The van der Waals surface area contributed by atoms with Crippen molar-refractivity contribution in [3.63, 3.8) is 0 Å². The van der Waals surface area contributed by atoms with Crippen molar-refractivity contribution < 1.29 is 13.2 Å². The molecule has 1 heterocycles. The molecule has 1 N–H and O–H groups in total. The molecule has 3 nitrogen and oxygen atoms in total. The number of benzene rings is 1. The van der Waals surface area contributed by atoms with Gasteiger partial charge in [0.25, 0.3) is 0 Å². The molecule has 0 aliphatic rings. The summed E-state index contributed by atoms with van der Waals surface area (Å²) in [5.74, 6) is 0.902. The lowest BCUT2D eigenvalue weighted by Gasteiger charge is -2.09. The van der Waals surface area contributed by atoms with Crippen LogP contribution >= 0.6 is 11.6 Å². The zero-order valence-electron chi connectivity index (χ0n) is 9.79. The number of anilines is 2. The molecular weight excluding hydrogens is 279 g/mol. The van der Waals surface area contributed by atoms with Gasteiger partial charge in [0.1, 0.15) is 16.8 Å². The normalized spacial score (nSPS) is 11.4. The Morgan fingerprint density at radius 1 is 1.11 bits per heavy atom. The molecular formula is C12H9ClF3N3. The minimum Gasteiger partial charge on any atom is -0.340 e. The largest absolute Gasteiger partial charge is 0.416 e. The smallest absolute Gasteiger partial charge is 0.340 e. The van der Waals surface area contributed by atoms with Crippen molar-refractivity contribution in [1.82, 2.24) is 9.97 Å². The summed E-state index contributed by atoms with van der Waals surface area (Å²) in [6, 6.07) is 6.14. The summed E-state index contributed by atoms with van der Waals surface area (Å²) >= 11 is 5.76. The number of rotatable bonds is 2. The minimum atomic E-state index is -4.34. The molecule has 0 saturated heterocycles. The molecule has 0 aliphatic carbocycles. The molecule has 7 heteroatoms. The van der Waals surface area contributed by atoms with Crippen LogP contribution in [0.1, 0.15) is 11.4 Å². The van der Waals surface area contributed by atoms with Gasteiger partial charge in [-0.25, -0.2) is 9.97 Å². The molecule has 2 rings (SSSR count). The second-order valence-corrected chi connectivity index (χ2v) is 4.21. The highest BCUT2D eigenvalue weighted by atomic mass is 35.5. The predicted molar refractivity (Wildman–Crippen MR) is 66.5 cm³/mol. The fourth-order valence-corrected chi connectivity index (χ4v) is 1.71. The van der Waals surface area contributed by atoms with Gasteiger partial charge in [-0.1, -0.05) is 11.6 Å². The minimum absolute atomic E-state index is 0.266. The summed E-state index contributed by atoms with van der Waals surface area (Å²) in [7, 11) is 0. The van der Waals surface area contributed by atoms with Crippen LogP contribution in [0.4, 0.5) is 24.7 Å². The molecule has 0 atom stereocenters. The van der Waals surface area contributed by atoms with E-state index in [0.29, 0.717) is 17.3 Å². The number of halogens is 4. The summed E-state index contributed by atoms with van der Waals surface area (Å²) < 4.78 is 37.2. The number of aromatic nitrogens is 2. The molecule has 1 aromatic carbocycles. The Labute approximate surface area is 112 Å². The Bertz CT molecular complexity index is 562. The first-order valence-electron chi connectivity index (χ1n) is 5.30. The highest BCUT2D eigenvalue weighted by molar-refractivity contribution is 6.29. The second-order valence-electron chi connectivity index (χ2n) is 3.82. The summed E-state index contributed by atoms with van der Waals surface area (Å²) in [6.45, 7) is 1.67. The van der Waals surface area contributed by atoms with Gasteiger partial charge >= 0.3 is 6.18 Å². The average Bonchev–Trinajstić information content (AvgIpc) is 2.26. The Morgan fingerprint density at radius 2 is 1.74 bits per heavy atom. The molecule has 0 spiro atoms. The Balaban J connectivity index is 2.20. The van der Waals surface area contributed by atoms with E-state index in [1.807, 2.05) is 0 Å². The number of alkyl halides is 3. The van der Waals surface area contributed by atoms with E-state index in [4.69, 9.17) is 11.6 Å². The first kappa shape index (κ1) is 13.6. The lowest BCUT2D eigenvalue weighted by molar-refractivity contribution is -0.137. The van der Waals surface area contributed by atoms with Crippen LogP contribution in [0, 0.1) is 6.92 Å². The first-order valence-corrected chi connectivity index (χ1v) is 5.68. The summed E-state index contributed by atoms with van der Waals surface area (Å²) in [4.78, 5) is 7.96. The molecule has 0 unspecified atom stereocenters. The highest BCUT2D eigenvalue weighted by Crippen LogP contribution is 2.30. The molecule has 0 aliphatic heterocycles. The fourth-order valence-electron chi connectivity index (χ4n) is 1.49. The van der Waals surface area contributed by atoms with Crippen molar-refractivity contribution in [2.75, 3.05) is 5.32 Å². The van der Waals surface area contributed by atoms with E-state index in [0.717, 1.165) is 12.1 Å². The third kappa shape index (κ3) is 3.57. The maximum absolute atomic E-state index is 12.4. The van der Waals surface area contributed by atoms with Crippen LogP contribution in [-0.2, 0) is 6.18 Å². The van der Waals surface area contributed by atoms with E-state index in [2.05, 4.69) is 15.3 Å². The molecule has 1 aromatic heterocycles. The number of hydrogen-bond acceptors (Lipinski definition) is 3. The van der Waals surface area contributed by atoms with Gasteiger partial charge in [0.05, 0.1) is 5.56 Å². The highest BCUT2D eigenvalue weighted by Gasteiger charge is 2.29. The SMILES string of the molecule is Cc1nc(Cl)cc(Nc2ccc(C(F)(F)F)cc2)n1. The third-order valence-corrected chi connectivity index (χ3v) is 2.48. The van der Waals surface area contributed by atoms with Crippen LogP contribution in [0.3, 0.4) is 0 Å². The quantitative estimate of drug-likeness (QED) is 0.841. The van der Waals surface area contributed by atoms with Gasteiger partial charge in [-0.15, -0.1) is 0 Å². The first-order chi connectivity index (χ1) is 8.84. The number of aryl methyl sites for hydroxylation is 1. The fraction of sp³-hybridized carbons (Fsp3) is 0.167. The van der Waals surface area contributed by atoms with Gasteiger partial charge in [0.15, 0.2) is 0 Å². The Hall–Kier alpha value is -1.82. The predicted octanol–water partition coefficient (Wildman–Crippen LogP) is 4.20. The van der Waals surface area contributed by atoms with Gasteiger partial charge in [-0.3, -0.25) is 0 Å². The van der Waals surface area contributed by atoms with Crippen LogP contribution in [0.25, 0.3) is 0 Å². The zero-order valence-corrected chi connectivity index (χ0v) is 10.5. The summed E-state index contributed by atoms with van der Waals surface area (Å²) in [5.41, 5.74) is -0.211. The second kappa shape index (κ2) is 5.05. The topological polar surface area (TPSA) is 37.8 Å². The monoisotopic (exact) mass is 287 g/mol. The molecule has 19 heavy (non-hydrogen) atoms. The van der Waals surface area contributed by atoms with Crippen molar-refractivity contribution in [3.05, 3.63) is 46.9 Å². The number of nitrogens with zero attached hydrogens (tertiary/aromatic N) is 2. The van der Waals surface area contributed by atoms with Crippen molar-refractivity contribution in [1.29, 1.82) is 0 Å². The number of hydrogen-bond donors (Lipinski definition) is 1. The molecule has 0 saturated carbocycles. The molecule has 0 bridgehead atoms. The van der Waals surface area contributed by atoms with E-state index in [-0.39, 0.29) is 5.15 Å². The average molecular weight is 288 g/mol. The maximum atomic E-state index is 12.4. The van der Waals surface area contributed by atoms with Crippen molar-refractivity contribution in [2.45, 2.75) is 13.1 Å². The van der Waals surface area contributed by atoms with Gasteiger partial charge in [-0.2, -0.15) is 13.2 Å². The molecule has 0 fully saturated rings. The summed E-state index contributed by atoms with van der Waals surface area (Å²) in [5, 5.41) is 3.13. The maximum Gasteiger partial charge on any atom is 0.416 e. The standard InChI is InChI=1S/C12H9ClF3N3/c1-7-17-10(13)6-11(18-7)19-9-4-2-8(3-5-9)12(14,15)16/h2-6H,1H3,(H,17,18,19). The Kier molecular flexibility index (Phi) is 3.61. The molecule has 0 radical (unpaired) electrons. The van der Waals surface area contributed by atoms with Crippen LogP contribution in [0.5, 0.6) is 0 Å². The van der Waals surface area contributed by atoms with Crippen molar-refractivity contribution >= 4 is 23.1 Å². The molecule has 100 valence electrons. The zero-order chi connectivity index (χ0) is 14.0. The van der Waals surface area contributed by atoms with E-state index >= 15 is 0 Å². The van der Waals surface area contributed by atoms with Gasteiger partial charge in [0, 0.05) is 11.8 Å². The van der Waals surface area contributed by atoms with Crippen LogP contribution < -0.4 is 5.32 Å². The third-order valence-electron chi connectivity index (χ3n) is 2.29. The van der Waals surface area contributed by atoms with Crippen molar-refractivity contribution in [3.8, 4) is 0 Å². The van der Waals surface area contributed by atoms with Gasteiger partial charge < -0.3 is 5.32 Å². The van der Waals surface area contributed by atoms with Crippen molar-refractivity contribution in [2.24, 2.45) is 0 Å². The Morgan fingerprint density at radius 3 is 2.26 bits per heavy atom. The summed E-state index contributed by atoms with van der Waals surface area (Å²) in [6.07, 6.45) is -4.34. The van der Waals surface area contributed by atoms with Crippen LogP contribution in [-0.4, -0.2) is 9.97 Å². The van der Waals surface area contributed by atoms with Gasteiger partial charge in [-0.05, 0) is 31.2 Å². The van der Waals surface area contributed by atoms with E-state index in [1.165, 1.54) is 18.2 Å².